The number of aryl methyl sites for hydroxylation is 1. The van der Waals surface area contributed by atoms with Gasteiger partial charge in [-0.05, 0) is 17.9 Å². The Kier molecular flexibility index (Phi) is 4.89. The summed E-state index contributed by atoms with van der Waals surface area (Å²) in [7, 11) is 1.73. The van der Waals surface area contributed by atoms with Crippen molar-refractivity contribution in [2.75, 3.05) is 5.75 Å². The summed E-state index contributed by atoms with van der Waals surface area (Å²) < 4.78 is 43.0. The van der Waals surface area contributed by atoms with Crippen LogP contribution in [-0.2, 0) is 13.2 Å². The van der Waals surface area contributed by atoms with Crippen molar-refractivity contribution < 1.29 is 13.2 Å². The summed E-state index contributed by atoms with van der Waals surface area (Å²) in [5.74, 6) is 1.23. The molecule has 4 heterocycles. The zero-order valence-electron chi connectivity index (χ0n) is 17.1. The Morgan fingerprint density at radius 3 is 2.53 bits per heavy atom. The molecule has 5 aromatic rings. The van der Waals surface area contributed by atoms with Gasteiger partial charge in [-0.1, -0.05) is 37.3 Å². The largest absolute Gasteiger partial charge is 0.417 e. The molecule has 0 aliphatic rings. The number of hydrogen-bond donors (Lipinski definition) is 0. The molecule has 0 radical (unpaired) electrons. The number of pyridine rings is 1. The van der Waals surface area contributed by atoms with E-state index in [-0.39, 0.29) is 5.52 Å². The summed E-state index contributed by atoms with van der Waals surface area (Å²) in [6, 6.07) is 12.7. The minimum atomic E-state index is -4.49. The van der Waals surface area contributed by atoms with Crippen LogP contribution in [0.25, 0.3) is 39.5 Å². The van der Waals surface area contributed by atoms with Gasteiger partial charge in [0.25, 0.3) is 0 Å². The van der Waals surface area contributed by atoms with E-state index in [1.807, 2.05) is 43.3 Å². The number of thioether (sulfide) groups is 1. The van der Waals surface area contributed by atoms with E-state index in [9.17, 15) is 13.2 Å². The van der Waals surface area contributed by atoms with Crippen LogP contribution in [0.1, 0.15) is 12.5 Å². The van der Waals surface area contributed by atoms with Gasteiger partial charge in [0, 0.05) is 25.0 Å². The number of fused-ring (bicyclic) bond motifs is 2. The molecule has 0 spiro atoms. The van der Waals surface area contributed by atoms with Crippen LogP contribution in [-0.4, -0.2) is 34.9 Å². The zero-order chi connectivity index (χ0) is 22.5. The molecular formula is C22H17F3N6S. The Hall–Kier alpha value is -3.40. The van der Waals surface area contributed by atoms with Gasteiger partial charge in [0.15, 0.2) is 11.3 Å². The first-order chi connectivity index (χ1) is 15.4. The Bertz CT molecular complexity index is 1440. The van der Waals surface area contributed by atoms with Crippen molar-refractivity contribution in [3.05, 3.63) is 60.4 Å². The van der Waals surface area contributed by atoms with Crippen molar-refractivity contribution in [2.45, 2.75) is 18.1 Å². The molecule has 0 fully saturated rings. The van der Waals surface area contributed by atoms with Crippen molar-refractivity contribution in [3.63, 3.8) is 0 Å². The van der Waals surface area contributed by atoms with Crippen LogP contribution in [0.5, 0.6) is 0 Å². The van der Waals surface area contributed by atoms with Crippen LogP contribution in [0, 0.1) is 0 Å². The molecule has 0 aliphatic carbocycles. The Morgan fingerprint density at radius 1 is 1.03 bits per heavy atom. The standard InChI is InChI=1S/C22H17F3N6S/c1-3-32-21-17(19-26-10-9-16(31(19)29-21)13-7-5-4-6-8-13)20-28-15-11-14(22(23,24)25)12-27-18(15)30(20)2/h4-12H,3H2,1-2H3. The molecule has 0 amide bonds. The molecular weight excluding hydrogens is 437 g/mol. The van der Waals surface area contributed by atoms with Crippen molar-refractivity contribution in [3.8, 4) is 22.6 Å². The third kappa shape index (κ3) is 3.31. The third-order valence-electron chi connectivity index (χ3n) is 5.10. The van der Waals surface area contributed by atoms with E-state index in [0.717, 1.165) is 29.3 Å². The molecule has 5 rings (SSSR count). The first-order valence-corrected chi connectivity index (χ1v) is 10.8. The fraction of sp³-hybridized carbons (Fsp3) is 0.182. The molecule has 0 unspecified atom stereocenters. The minimum Gasteiger partial charge on any atom is -0.312 e. The van der Waals surface area contributed by atoms with Crippen LogP contribution in [0.15, 0.2) is 59.9 Å². The molecule has 1 aromatic carbocycles. The van der Waals surface area contributed by atoms with Crippen LogP contribution < -0.4 is 0 Å². The molecule has 0 saturated carbocycles. The lowest BCUT2D eigenvalue weighted by Gasteiger charge is -2.05. The summed E-state index contributed by atoms with van der Waals surface area (Å²) in [5, 5.41) is 5.49. The summed E-state index contributed by atoms with van der Waals surface area (Å²) >= 11 is 1.53. The van der Waals surface area contributed by atoms with E-state index in [0.29, 0.717) is 27.7 Å². The highest BCUT2D eigenvalue weighted by molar-refractivity contribution is 7.99. The van der Waals surface area contributed by atoms with E-state index in [1.54, 1.807) is 22.3 Å². The van der Waals surface area contributed by atoms with Crippen molar-refractivity contribution in [2.24, 2.45) is 7.05 Å². The van der Waals surface area contributed by atoms with Gasteiger partial charge < -0.3 is 4.57 Å². The molecule has 162 valence electrons. The second-order valence-corrected chi connectivity index (χ2v) is 8.36. The predicted molar refractivity (Wildman–Crippen MR) is 117 cm³/mol. The smallest absolute Gasteiger partial charge is 0.312 e. The number of alkyl halides is 3. The number of hydrogen-bond acceptors (Lipinski definition) is 5. The van der Waals surface area contributed by atoms with Gasteiger partial charge in [0.2, 0.25) is 0 Å². The number of benzene rings is 1. The Morgan fingerprint density at radius 2 is 1.81 bits per heavy atom. The van der Waals surface area contributed by atoms with Crippen molar-refractivity contribution >= 4 is 28.6 Å². The molecule has 0 saturated heterocycles. The monoisotopic (exact) mass is 454 g/mol. The summed E-state index contributed by atoms with van der Waals surface area (Å²) in [6.45, 7) is 2.01. The highest BCUT2D eigenvalue weighted by atomic mass is 32.2. The van der Waals surface area contributed by atoms with E-state index >= 15 is 0 Å². The fourth-order valence-electron chi connectivity index (χ4n) is 3.64. The van der Waals surface area contributed by atoms with E-state index in [1.165, 1.54) is 11.8 Å². The number of nitrogens with zero attached hydrogens (tertiary/aromatic N) is 6. The molecule has 6 nitrogen and oxygen atoms in total. The number of rotatable bonds is 4. The van der Waals surface area contributed by atoms with Crippen LogP contribution >= 0.6 is 11.8 Å². The second-order valence-electron chi connectivity index (χ2n) is 7.10. The molecule has 32 heavy (non-hydrogen) atoms. The van der Waals surface area contributed by atoms with Gasteiger partial charge in [-0.2, -0.15) is 18.3 Å². The lowest BCUT2D eigenvalue weighted by molar-refractivity contribution is -0.137. The van der Waals surface area contributed by atoms with Crippen LogP contribution in [0.4, 0.5) is 13.2 Å². The predicted octanol–water partition coefficient (Wildman–Crippen LogP) is 5.48. The Labute approximate surface area is 185 Å². The lowest BCUT2D eigenvalue weighted by Crippen LogP contribution is -2.05. The molecule has 0 N–H and O–H groups in total. The fourth-order valence-corrected chi connectivity index (χ4v) is 4.38. The molecule has 0 atom stereocenters. The Balaban J connectivity index is 1.77. The van der Waals surface area contributed by atoms with Crippen molar-refractivity contribution in [1.29, 1.82) is 0 Å². The highest BCUT2D eigenvalue weighted by Crippen LogP contribution is 2.37. The molecule has 4 aromatic heterocycles. The van der Waals surface area contributed by atoms with Gasteiger partial charge in [0.05, 0.1) is 16.8 Å². The number of imidazole rings is 1. The van der Waals surface area contributed by atoms with Gasteiger partial charge >= 0.3 is 6.18 Å². The summed E-state index contributed by atoms with van der Waals surface area (Å²) in [5.41, 5.74) is 2.78. The van der Waals surface area contributed by atoms with Crippen LogP contribution in [0.3, 0.4) is 0 Å². The average Bonchev–Trinajstić information content (AvgIpc) is 3.30. The minimum absolute atomic E-state index is 0.170. The van der Waals surface area contributed by atoms with E-state index in [4.69, 9.17) is 5.10 Å². The topological polar surface area (TPSA) is 60.9 Å². The first-order valence-electron chi connectivity index (χ1n) is 9.84. The normalized spacial score (nSPS) is 12.2. The van der Waals surface area contributed by atoms with Gasteiger partial charge in [-0.3, -0.25) is 0 Å². The third-order valence-corrected chi connectivity index (χ3v) is 5.94. The zero-order valence-corrected chi connectivity index (χ0v) is 17.9. The van der Waals surface area contributed by atoms with E-state index in [2.05, 4.69) is 15.0 Å². The van der Waals surface area contributed by atoms with Crippen LogP contribution in [0.2, 0.25) is 0 Å². The number of aromatic nitrogens is 6. The van der Waals surface area contributed by atoms with Gasteiger partial charge in [0.1, 0.15) is 16.4 Å². The first kappa shape index (κ1) is 20.5. The maximum Gasteiger partial charge on any atom is 0.417 e. The molecule has 0 bridgehead atoms. The van der Waals surface area contributed by atoms with E-state index < -0.39 is 11.7 Å². The quantitative estimate of drug-likeness (QED) is 0.337. The lowest BCUT2D eigenvalue weighted by atomic mass is 10.1. The summed E-state index contributed by atoms with van der Waals surface area (Å²) in [6.07, 6.45) is -1.96. The maximum absolute atomic E-state index is 13.2. The second kappa shape index (κ2) is 7.63. The number of halogens is 3. The average molecular weight is 454 g/mol. The molecule has 10 heteroatoms. The van der Waals surface area contributed by atoms with Crippen molar-refractivity contribution in [1.82, 2.24) is 29.1 Å². The molecule has 0 aliphatic heterocycles. The summed E-state index contributed by atoms with van der Waals surface area (Å²) in [4.78, 5) is 13.1. The van der Waals surface area contributed by atoms with Gasteiger partial charge in [-0.15, -0.1) is 11.8 Å². The SMILES string of the molecule is CCSc1nn2c(-c3ccccc3)ccnc2c1-c1nc2cc(C(F)(F)F)cnc2n1C. The highest BCUT2D eigenvalue weighted by Gasteiger charge is 2.32. The maximum atomic E-state index is 13.2. The van der Waals surface area contributed by atoms with Gasteiger partial charge in [-0.25, -0.2) is 19.5 Å².